The lowest BCUT2D eigenvalue weighted by Crippen LogP contribution is -2.06. The number of nitro groups is 1. The molecule has 1 heterocycles. The molecule has 1 aliphatic carbocycles. The molecule has 0 radical (unpaired) electrons. The number of nitrogens with zero attached hydrogens (tertiary/aromatic N) is 1. The Morgan fingerprint density at radius 3 is 2.50 bits per heavy atom. The van der Waals surface area contributed by atoms with E-state index >= 15 is 0 Å². The molecule has 2 rings (SSSR count). The molecule has 1 aromatic rings. The van der Waals surface area contributed by atoms with Gasteiger partial charge < -0.3 is 5.73 Å². The van der Waals surface area contributed by atoms with Crippen LogP contribution in [-0.2, 0) is 0 Å². The van der Waals surface area contributed by atoms with Crippen molar-refractivity contribution < 1.29 is 4.92 Å². The molecular weight excluding hydrogens is 200 g/mol. The predicted octanol–water partition coefficient (Wildman–Crippen LogP) is 2.11. The third kappa shape index (κ3) is 1.24. The van der Waals surface area contributed by atoms with Crippen molar-refractivity contribution in [2.75, 3.05) is 0 Å². The van der Waals surface area contributed by atoms with E-state index in [1.54, 1.807) is 6.07 Å². The molecule has 0 saturated heterocycles. The second-order valence-electron chi connectivity index (χ2n) is 4.26. The van der Waals surface area contributed by atoms with Gasteiger partial charge in [0.25, 0.3) is 0 Å². The number of rotatable bonds is 2. The molecule has 0 unspecified atom stereocenters. The van der Waals surface area contributed by atoms with Crippen molar-refractivity contribution in [1.82, 2.24) is 0 Å². The van der Waals surface area contributed by atoms with E-state index in [0.29, 0.717) is 5.92 Å². The van der Waals surface area contributed by atoms with Gasteiger partial charge in [-0.15, -0.1) is 0 Å². The third-order valence-corrected chi connectivity index (χ3v) is 4.13. The summed E-state index contributed by atoms with van der Waals surface area (Å²) in [6.45, 7) is 4.18. The first-order chi connectivity index (χ1) is 6.44. The van der Waals surface area contributed by atoms with Crippen LogP contribution in [0.15, 0.2) is 12.1 Å². The lowest BCUT2D eigenvalue weighted by atomic mass is 10.1. The van der Waals surface area contributed by atoms with Gasteiger partial charge in [-0.2, -0.15) is 0 Å². The minimum absolute atomic E-state index is 0.0960. The lowest BCUT2D eigenvalue weighted by molar-refractivity contribution is -0.380. The zero-order valence-electron chi connectivity index (χ0n) is 8.06. The Kier molecular flexibility index (Phi) is 1.90. The highest BCUT2D eigenvalue weighted by Gasteiger charge is 2.57. The summed E-state index contributed by atoms with van der Waals surface area (Å²) in [7, 11) is 0. The van der Waals surface area contributed by atoms with Crippen LogP contribution in [0.1, 0.15) is 24.6 Å². The van der Waals surface area contributed by atoms with Crippen LogP contribution in [-0.4, -0.2) is 11.0 Å². The zero-order chi connectivity index (χ0) is 10.5. The van der Waals surface area contributed by atoms with Crippen LogP contribution < -0.4 is 5.73 Å². The molecule has 4 nitrogen and oxygen atoms in total. The SMILES string of the molecule is CC1(C)[C@@H](N)[C@@H]1c1ccc([N+](=O)[O-])s1. The van der Waals surface area contributed by atoms with Gasteiger partial charge in [0.2, 0.25) is 0 Å². The molecule has 0 amide bonds. The highest BCUT2D eigenvalue weighted by molar-refractivity contribution is 7.15. The second-order valence-corrected chi connectivity index (χ2v) is 5.35. The van der Waals surface area contributed by atoms with Gasteiger partial charge in [0, 0.05) is 22.9 Å². The predicted molar refractivity (Wildman–Crippen MR) is 55.5 cm³/mol. The van der Waals surface area contributed by atoms with Gasteiger partial charge in [-0.05, 0) is 11.5 Å². The van der Waals surface area contributed by atoms with Crippen molar-refractivity contribution in [3.05, 3.63) is 27.1 Å². The largest absolute Gasteiger partial charge is 0.327 e. The Hall–Kier alpha value is -0.940. The van der Waals surface area contributed by atoms with Gasteiger partial charge in [-0.3, -0.25) is 10.1 Å². The maximum atomic E-state index is 10.5. The Morgan fingerprint density at radius 1 is 1.57 bits per heavy atom. The average molecular weight is 212 g/mol. The number of nitrogens with two attached hydrogens (primary N) is 1. The minimum Gasteiger partial charge on any atom is -0.327 e. The van der Waals surface area contributed by atoms with Gasteiger partial charge in [0.05, 0.1) is 4.92 Å². The Balaban J connectivity index is 2.24. The molecule has 76 valence electrons. The first-order valence-electron chi connectivity index (χ1n) is 4.44. The van der Waals surface area contributed by atoms with Gasteiger partial charge >= 0.3 is 5.00 Å². The molecule has 0 bridgehead atoms. The van der Waals surface area contributed by atoms with Gasteiger partial charge in [-0.1, -0.05) is 25.2 Å². The van der Waals surface area contributed by atoms with E-state index < -0.39 is 0 Å². The topological polar surface area (TPSA) is 69.2 Å². The molecule has 1 saturated carbocycles. The summed E-state index contributed by atoms with van der Waals surface area (Å²) >= 11 is 1.24. The summed E-state index contributed by atoms with van der Waals surface area (Å²) in [6.07, 6.45) is 0. The van der Waals surface area contributed by atoms with E-state index in [2.05, 4.69) is 13.8 Å². The third-order valence-electron chi connectivity index (χ3n) is 3.01. The van der Waals surface area contributed by atoms with Crippen molar-refractivity contribution in [3.8, 4) is 0 Å². The first-order valence-corrected chi connectivity index (χ1v) is 5.26. The number of hydrogen-bond acceptors (Lipinski definition) is 4. The van der Waals surface area contributed by atoms with Crippen molar-refractivity contribution in [1.29, 1.82) is 0 Å². The highest BCUT2D eigenvalue weighted by atomic mass is 32.1. The zero-order valence-corrected chi connectivity index (χ0v) is 8.88. The standard InChI is InChI=1S/C9H12N2O2S/c1-9(2)7(8(9)10)5-3-4-6(14-5)11(12)13/h3-4,7-8H,10H2,1-2H3/t7-,8-/m0/s1. The second kappa shape index (κ2) is 2.77. The van der Waals surface area contributed by atoms with Gasteiger partial charge in [-0.25, -0.2) is 0 Å². The van der Waals surface area contributed by atoms with Crippen LogP contribution >= 0.6 is 11.3 Å². The molecule has 2 atom stereocenters. The van der Waals surface area contributed by atoms with Crippen molar-refractivity contribution in [2.45, 2.75) is 25.8 Å². The van der Waals surface area contributed by atoms with Crippen LogP contribution in [0.5, 0.6) is 0 Å². The van der Waals surface area contributed by atoms with Crippen LogP contribution in [0.2, 0.25) is 0 Å². The monoisotopic (exact) mass is 212 g/mol. The average Bonchev–Trinajstić information content (AvgIpc) is 2.55. The minimum atomic E-state index is -0.352. The van der Waals surface area contributed by atoms with Crippen LogP contribution in [0.3, 0.4) is 0 Å². The Morgan fingerprint density at radius 2 is 2.14 bits per heavy atom. The van der Waals surface area contributed by atoms with E-state index in [4.69, 9.17) is 5.73 Å². The van der Waals surface area contributed by atoms with Crippen molar-refractivity contribution >= 4 is 16.3 Å². The van der Waals surface area contributed by atoms with Crippen LogP contribution in [0.4, 0.5) is 5.00 Å². The number of thiophene rings is 1. The lowest BCUT2D eigenvalue weighted by Gasteiger charge is -1.97. The summed E-state index contributed by atoms with van der Waals surface area (Å²) in [5, 5.41) is 10.7. The quantitative estimate of drug-likeness (QED) is 0.603. The summed E-state index contributed by atoms with van der Waals surface area (Å²) in [5.74, 6) is 0.293. The molecule has 1 aliphatic rings. The van der Waals surface area contributed by atoms with E-state index in [1.807, 2.05) is 6.07 Å². The summed E-state index contributed by atoms with van der Waals surface area (Å²) in [6, 6.07) is 3.52. The first kappa shape index (κ1) is 9.61. The van der Waals surface area contributed by atoms with Crippen molar-refractivity contribution in [2.24, 2.45) is 11.1 Å². The van der Waals surface area contributed by atoms with E-state index in [9.17, 15) is 10.1 Å². The maximum absolute atomic E-state index is 10.5. The highest BCUT2D eigenvalue weighted by Crippen LogP contribution is 2.59. The van der Waals surface area contributed by atoms with E-state index in [-0.39, 0.29) is 21.4 Å². The van der Waals surface area contributed by atoms with E-state index in [0.717, 1.165) is 4.88 Å². The van der Waals surface area contributed by atoms with E-state index in [1.165, 1.54) is 11.3 Å². The Bertz CT molecular complexity index is 386. The smallest absolute Gasteiger partial charge is 0.324 e. The molecule has 1 aromatic heterocycles. The maximum Gasteiger partial charge on any atom is 0.324 e. The fourth-order valence-corrected chi connectivity index (χ4v) is 2.99. The summed E-state index contributed by atoms with van der Waals surface area (Å²) in [4.78, 5) is 11.2. The molecule has 14 heavy (non-hydrogen) atoms. The fraction of sp³-hybridized carbons (Fsp3) is 0.556. The summed E-state index contributed by atoms with van der Waals surface area (Å²) < 4.78 is 0. The summed E-state index contributed by atoms with van der Waals surface area (Å²) in [5.41, 5.74) is 5.99. The molecule has 5 heteroatoms. The fourth-order valence-electron chi connectivity index (χ4n) is 1.83. The molecule has 0 spiro atoms. The molecule has 1 fully saturated rings. The van der Waals surface area contributed by atoms with Crippen molar-refractivity contribution in [3.63, 3.8) is 0 Å². The van der Waals surface area contributed by atoms with Crippen LogP contribution in [0.25, 0.3) is 0 Å². The molecule has 0 aromatic carbocycles. The normalized spacial score (nSPS) is 28.8. The molecule has 2 N–H and O–H groups in total. The van der Waals surface area contributed by atoms with Gasteiger partial charge in [0.15, 0.2) is 0 Å². The molecule has 0 aliphatic heterocycles. The van der Waals surface area contributed by atoms with Gasteiger partial charge in [0.1, 0.15) is 0 Å². The Labute approximate surface area is 85.9 Å². The molecular formula is C9H12N2O2S. The number of hydrogen-bond donors (Lipinski definition) is 1. The van der Waals surface area contributed by atoms with Crippen LogP contribution in [0, 0.1) is 15.5 Å².